The van der Waals surface area contributed by atoms with E-state index in [0.717, 1.165) is 16.5 Å². The van der Waals surface area contributed by atoms with Crippen LogP contribution < -0.4 is 15.4 Å². The van der Waals surface area contributed by atoms with Crippen LogP contribution in [0.2, 0.25) is 5.02 Å². The van der Waals surface area contributed by atoms with Crippen molar-refractivity contribution in [3.8, 4) is 5.88 Å². The number of amides is 1. The first kappa shape index (κ1) is 20.0. The van der Waals surface area contributed by atoms with E-state index in [1.807, 2.05) is 24.3 Å². The van der Waals surface area contributed by atoms with Gasteiger partial charge in [0.1, 0.15) is 12.4 Å². The molecule has 0 fully saturated rings. The minimum atomic E-state index is -0.349. The molecule has 2 N–H and O–H groups in total. The molecule has 0 saturated heterocycles. The van der Waals surface area contributed by atoms with Crippen LogP contribution in [0.15, 0.2) is 48.5 Å². The third-order valence-electron chi connectivity index (χ3n) is 4.13. The second-order valence-corrected chi connectivity index (χ2v) is 6.74. The smallest absolute Gasteiger partial charge is 0.218 e. The van der Waals surface area contributed by atoms with Gasteiger partial charge in [-0.25, -0.2) is 9.37 Å². The molecule has 3 aromatic rings. The average Bonchev–Trinajstić information content (AvgIpc) is 2.67. The summed E-state index contributed by atoms with van der Waals surface area (Å²) in [5.41, 5.74) is 2.21. The molecule has 1 amide bonds. The molecule has 0 spiro atoms. The van der Waals surface area contributed by atoms with Crippen LogP contribution in [0.25, 0.3) is 10.9 Å². The number of ether oxygens (including phenoxy) is 1. The van der Waals surface area contributed by atoms with Crippen LogP contribution >= 0.6 is 11.6 Å². The van der Waals surface area contributed by atoms with Gasteiger partial charge in [0.15, 0.2) is 0 Å². The molecule has 1 heterocycles. The number of benzene rings is 2. The quantitative estimate of drug-likeness (QED) is 0.563. The lowest BCUT2D eigenvalue weighted by Gasteiger charge is -2.14. The Labute approximate surface area is 167 Å². The maximum Gasteiger partial charge on any atom is 0.218 e. The number of hydrogen-bond donors (Lipinski definition) is 2. The van der Waals surface area contributed by atoms with Crippen molar-refractivity contribution in [2.45, 2.75) is 20.1 Å². The first-order valence-electron chi connectivity index (χ1n) is 8.93. The van der Waals surface area contributed by atoms with Crippen molar-refractivity contribution in [3.05, 3.63) is 70.5 Å². The van der Waals surface area contributed by atoms with E-state index >= 15 is 0 Å². The molecule has 2 aromatic carbocycles. The van der Waals surface area contributed by atoms with Crippen molar-refractivity contribution in [2.24, 2.45) is 0 Å². The van der Waals surface area contributed by atoms with Crippen LogP contribution in [0, 0.1) is 5.82 Å². The topological polar surface area (TPSA) is 63.2 Å². The highest BCUT2D eigenvalue weighted by molar-refractivity contribution is 6.31. The van der Waals surface area contributed by atoms with Gasteiger partial charge in [-0.05, 0) is 24.3 Å². The third-order valence-corrected chi connectivity index (χ3v) is 4.50. The lowest BCUT2D eigenvalue weighted by molar-refractivity contribution is -0.118. The molecule has 0 bridgehead atoms. The number of aromatic nitrogens is 1. The number of carbonyl (C=O) groups excluding carboxylic acids is 1. The minimum Gasteiger partial charge on any atom is -0.472 e. The minimum absolute atomic E-state index is 0.0695. The number of nitrogens with one attached hydrogen (secondary N) is 2. The van der Waals surface area contributed by atoms with Crippen molar-refractivity contribution >= 4 is 28.4 Å². The fourth-order valence-corrected chi connectivity index (χ4v) is 2.92. The van der Waals surface area contributed by atoms with Crippen LogP contribution in [-0.4, -0.2) is 24.0 Å². The Morgan fingerprint density at radius 3 is 2.75 bits per heavy atom. The van der Waals surface area contributed by atoms with Crippen LogP contribution in [0.5, 0.6) is 5.88 Å². The Bertz CT molecular complexity index is 981. The number of halogens is 2. The summed E-state index contributed by atoms with van der Waals surface area (Å²) in [6.45, 7) is 3.36. The average molecular weight is 402 g/mol. The first-order valence-corrected chi connectivity index (χ1v) is 9.31. The fraction of sp³-hybridized carbons (Fsp3) is 0.238. The van der Waals surface area contributed by atoms with Crippen molar-refractivity contribution < 1.29 is 13.9 Å². The van der Waals surface area contributed by atoms with E-state index in [-0.39, 0.29) is 18.3 Å². The molecule has 0 atom stereocenters. The predicted octanol–water partition coefficient (Wildman–Crippen LogP) is 3.83. The highest BCUT2D eigenvalue weighted by Crippen LogP contribution is 2.25. The van der Waals surface area contributed by atoms with Crippen LogP contribution in [0.3, 0.4) is 0 Å². The molecule has 7 heteroatoms. The zero-order valence-corrected chi connectivity index (χ0v) is 16.2. The molecule has 3 rings (SSSR count). The summed E-state index contributed by atoms with van der Waals surface area (Å²) in [6.07, 6.45) is 0. The molecule has 0 radical (unpaired) electrons. The monoisotopic (exact) mass is 401 g/mol. The lowest BCUT2D eigenvalue weighted by atomic mass is 10.1. The van der Waals surface area contributed by atoms with Gasteiger partial charge < -0.3 is 15.4 Å². The zero-order valence-electron chi connectivity index (χ0n) is 15.5. The second-order valence-electron chi connectivity index (χ2n) is 6.33. The predicted molar refractivity (Wildman–Crippen MR) is 108 cm³/mol. The molecule has 1 aromatic heterocycles. The Balaban J connectivity index is 1.78. The molecule has 0 unspecified atom stereocenters. The SMILES string of the molecule is CC(=O)NCCNCc1cc2ccc(F)cc2nc1OCc1ccccc1Cl. The Kier molecular flexibility index (Phi) is 6.79. The second kappa shape index (κ2) is 9.48. The van der Waals surface area contributed by atoms with Crippen LogP contribution in [0.4, 0.5) is 4.39 Å². The van der Waals surface area contributed by atoms with Gasteiger partial charge in [-0.3, -0.25) is 4.79 Å². The van der Waals surface area contributed by atoms with E-state index in [9.17, 15) is 9.18 Å². The molecular weight excluding hydrogens is 381 g/mol. The van der Waals surface area contributed by atoms with Crippen molar-refractivity contribution in [3.63, 3.8) is 0 Å². The third kappa shape index (κ3) is 5.41. The number of hydrogen-bond acceptors (Lipinski definition) is 4. The maximum absolute atomic E-state index is 13.6. The van der Waals surface area contributed by atoms with Crippen molar-refractivity contribution in [2.75, 3.05) is 13.1 Å². The molecule has 28 heavy (non-hydrogen) atoms. The van der Waals surface area contributed by atoms with Gasteiger partial charge in [-0.1, -0.05) is 29.8 Å². The normalized spacial score (nSPS) is 10.8. The Hall–Kier alpha value is -2.70. The summed E-state index contributed by atoms with van der Waals surface area (Å²) in [5.74, 6) is 0.00300. The number of nitrogens with zero attached hydrogens (tertiary/aromatic N) is 1. The van der Waals surface area contributed by atoms with Gasteiger partial charge in [0.25, 0.3) is 0 Å². The molecule has 146 valence electrons. The largest absolute Gasteiger partial charge is 0.472 e. The Morgan fingerprint density at radius 1 is 1.14 bits per heavy atom. The molecule has 0 saturated carbocycles. The summed E-state index contributed by atoms with van der Waals surface area (Å²) < 4.78 is 19.5. The summed E-state index contributed by atoms with van der Waals surface area (Å²) >= 11 is 6.19. The molecule has 5 nitrogen and oxygen atoms in total. The summed E-state index contributed by atoms with van der Waals surface area (Å²) in [5, 5.41) is 7.42. The number of pyridine rings is 1. The van der Waals surface area contributed by atoms with E-state index in [4.69, 9.17) is 16.3 Å². The van der Waals surface area contributed by atoms with Gasteiger partial charge in [-0.15, -0.1) is 0 Å². The number of fused-ring (bicyclic) bond motifs is 1. The van der Waals surface area contributed by atoms with E-state index in [1.165, 1.54) is 19.1 Å². The van der Waals surface area contributed by atoms with Gasteiger partial charge in [0.05, 0.1) is 5.52 Å². The lowest BCUT2D eigenvalue weighted by Crippen LogP contribution is -2.30. The molecule has 0 aliphatic carbocycles. The summed E-state index contributed by atoms with van der Waals surface area (Å²) in [6, 6.07) is 13.8. The maximum atomic E-state index is 13.6. The highest BCUT2D eigenvalue weighted by atomic mass is 35.5. The number of carbonyl (C=O) groups is 1. The summed E-state index contributed by atoms with van der Waals surface area (Å²) in [7, 11) is 0. The summed E-state index contributed by atoms with van der Waals surface area (Å²) in [4.78, 5) is 15.4. The van der Waals surface area contributed by atoms with Crippen LogP contribution in [-0.2, 0) is 17.9 Å². The van der Waals surface area contributed by atoms with E-state index in [2.05, 4.69) is 15.6 Å². The van der Waals surface area contributed by atoms with Gasteiger partial charge in [0.2, 0.25) is 11.8 Å². The standard InChI is InChI=1S/C21H21ClFN3O2/c1-14(27)25-9-8-24-12-17-10-15-6-7-18(23)11-20(15)26-21(17)28-13-16-4-2-3-5-19(16)22/h2-7,10-11,24H,8-9,12-13H2,1H3,(H,25,27). The van der Waals surface area contributed by atoms with E-state index < -0.39 is 0 Å². The molecular formula is C21H21ClFN3O2. The molecule has 0 aliphatic heterocycles. The van der Waals surface area contributed by atoms with Crippen molar-refractivity contribution in [1.82, 2.24) is 15.6 Å². The van der Waals surface area contributed by atoms with E-state index in [1.54, 1.807) is 12.1 Å². The first-order chi connectivity index (χ1) is 13.5. The van der Waals surface area contributed by atoms with E-state index in [0.29, 0.717) is 36.1 Å². The van der Waals surface area contributed by atoms with Gasteiger partial charge in [0, 0.05) is 54.2 Å². The zero-order chi connectivity index (χ0) is 19.9. The fourth-order valence-electron chi connectivity index (χ4n) is 2.73. The van der Waals surface area contributed by atoms with Crippen LogP contribution in [0.1, 0.15) is 18.1 Å². The highest BCUT2D eigenvalue weighted by Gasteiger charge is 2.10. The molecule has 0 aliphatic rings. The van der Waals surface area contributed by atoms with Gasteiger partial charge in [-0.2, -0.15) is 0 Å². The van der Waals surface area contributed by atoms with Crippen molar-refractivity contribution in [1.29, 1.82) is 0 Å². The Morgan fingerprint density at radius 2 is 1.96 bits per heavy atom. The number of rotatable bonds is 8. The van der Waals surface area contributed by atoms with Gasteiger partial charge >= 0.3 is 0 Å².